The molecule has 0 aromatic heterocycles. The van der Waals surface area contributed by atoms with Gasteiger partial charge in [-0.25, -0.2) is 0 Å². The van der Waals surface area contributed by atoms with Crippen LogP contribution in [0.4, 0.5) is 0 Å². The molecule has 0 saturated heterocycles. The molecule has 0 heterocycles. The molecule has 0 unspecified atom stereocenters. The molecular weight excluding hydrogens is 304 g/mol. The summed E-state index contributed by atoms with van der Waals surface area (Å²) in [6.07, 6.45) is 6.33. The van der Waals surface area contributed by atoms with E-state index in [2.05, 4.69) is 6.92 Å². The molecule has 0 fully saturated rings. The molecule has 21 heavy (non-hydrogen) atoms. The minimum absolute atomic E-state index is 0.219. The number of allylic oxidation sites excluding steroid dienone is 2. The first-order valence-corrected chi connectivity index (χ1v) is 10.8. The van der Waals surface area contributed by atoms with Gasteiger partial charge in [0.15, 0.2) is 5.12 Å². The monoisotopic (exact) mass is 334 g/mol. The van der Waals surface area contributed by atoms with E-state index in [4.69, 9.17) is 13.3 Å². The molecule has 0 aliphatic carbocycles. The van der Waals surface area contributed by atoms with Crippen LogP contribution in [0.15, 0.2) is 12.2 Å². The van der Waals surface area contributed by atoms with Crippen LogP contribution in [-0.2, 0) is 18.1 Å². The maximum Gasteiger partial charge on any atom is 0.500 e. The number of hydrogen-bond donors (Lipinski definition) is 0. The number of rotatable bonds is 13. The molecule has 0 saturated carbocycles. The van der Waals surface area contributed by atoms with Gasteiger partial charge in [-0.2, -0.15) is 0 Å². The van der Waals surface area contributed by atoms with Crippen molar-refractivity contribution in [3.8, 4) is 0 Å². The molecule has 0 aromatic rings. The third kappa shape index (κ3) is 10.2. The summed E-state index contributed by atoms with van der Waals surface area (Å²) in [6.45, 7) is 9.72. The van der Waals surface area contributed by atoms with Crippen LogP contribution in [0.3, 0.4) is 0 Å². The van der Waals surface area contributed by atoms with E-state index in [1.54, 1.807) is 0 Å². The van der Waals surface area contributed by atoms with Crippen LogP contribution >= 0.6 is 11.8 Å². The number of thioether (sulfide) groups is 1. The molecular formula is C15H30O4SSi. The van der Waals surface area contributed by atoms with Crippen LogP contribution in [0.2, 0.25) is 6.04 Å². The lowest BCUT2D eigenvalue weighted by Gasteiger charge is -2.28. The fraction of sp³-hybridized carbons (Fsp3) is 0.800. The van der Waals surface area contributed by atoms with Crippen molar-refractivity contribution >= 4 is 25.7 Å². The Bertz CT molecular complexity index is 280. The zero-order valence-electron chi connectivity index (χ0n) is 13.9. The highest BCUT2D eigenvalue weighted by Crippen LogP contribution is 2.20. The standard InChI is InChI=1S/C15H30O4SSi/c1-5-9-10-12-15(16)20-13-11-14-21(17-6-2,18-7-3)19-8-4/h9-10H,5-8,11-14H2,1-4H3. The van der Waals surface area contributed by atoms with Crippen LogP contribution in [0.5, 0.6) is 0 Å². The summed E-state index contributed by atoms with van der Waals surface area (Å²) in [6, 6.07) is 0.771. The van der Waals surface area contributed by atoms with E-state index in [1.165, 1.54) is 11.8 Å². The van der Waals surface area contributed by atoms with Gasteiger partial charge in [-0.15, -0.1) is 0 Å². The second-order valence-electron chi connectivity index (χ2n) is 4.39. The van der Waals surface area contributed by atoms with Gasteiger partial charge in [-0.05, 0) is 33.6 Å². The van der Waals surface area contributed by atoms with Crippen molar-refractivity contribution in [3.05, 3.63) is 12.2 Å². The molecule has 4 nitrogen and oxygen atoms in total. The molecule has 6 heteroatoms. The molecule has 0 N–H and O–H groups in total. The van der Waals surface area contributed by atoms with Gasteiger partial charge in [0.25, 0.3) is 0 Å². The SMILES string of the molecule is CCC=CCC(=O)SCCC[Si](OCC)(OCC)OCC. The molecule has 0 aromatic carbocycles. The minimum Gasteiger partial charge on any atom is -0.374 e. The van der Waals surface area contributed by atoms with E-state index in [1.807, 2.05) is 32.9 Å². The Labute approximate surface area is 135 Å². The Morgan fingerprint density at radius 1 is 1.00 bits per heavy atom. The van der Waals surface area contributed by atoms with Gasteiger partial charge in [0.05, 0.1) is 0 Å². The lowest BCUT2D eigenvalue weighted by molar-refractivity contribution is -0.110. The van der Waals surface area contributed by atoms with Crippen molar-refractivity contribution < 1.29 is 18.1 Å². The summed E-state index contributed by atoms with van der Waals surface area (Å²) in [5.74, 6) is 0.792. The molecule has 0 atom stereocenters. The first-order chi connectivity index (χ1) is 10.1. The van der Waals surface area contributed by atoms with E-state index >= 15 is 0 Å². The summed E-state index contributed by atoms with van der Waals surface area (Å²) in [5, 5.41) is 0.219. The smallest absolute Gasteiger partial charge is 0.374 e. The summed E-state index contributed by atoms with van der Waals surface area (Å²) in [5.41, 5.74) is 0. The highest BCUT2D eigenvalue weighted by molar-refractivity contribution is 8.13. The fourth-order valence-corrected chi connectivity index (χ4v) is 5.48. The Hall–Kier alpha value is -0.143. The van der Waals surface area contributed by atoms with Crippen LogP contribution < -0.4 is 0 Å². The van der Waals surface area contributed by atoms with Gasteiger partial charge in [0.2, 0.25) is 0 Å². The fourth-order valence-electron chi connectivity index (χ4n) is 1.88. The minimum atomic E-state index is -2.54. The Morgan fingerprint density at radius 2 is 1.57 bits per heavy atom. The normalized spacial score (nSPS) is 12.2. The zero-order chi connectivity index (χ0) is 16.0. The third-order valence-corrected chi connectivity index (χ3v) is 6.80. The predicted octanol–water partition coefficient (Wildman–Crippen LogP) is 4.04. The first kappa shape index (κ1) is 20.9. The number of hydrogen-bond acceptors (Lipinski definition) is 5. The highest BCUT2D eigenvalue weighted by Gasteiger charge is 2.39. The molecule has 0 aliphatic rings. The van der Waals surface area contributed by atoms with Crippen molar-refractivity contribution in [1.82, 2.24) is 0 Å². The average molecular weight is 335 g/mol. The number of carbonyl (C=O) groups excluding carboxylic acids is 1. The third-order valence-electron chi connectivity index (χ3n) is 2.67. The van der Waals surface area contributed by atoms with Crippen molar-refractivity contribution in [2.24, 2.45) is 0 Å². The van der Waals surface area contributed by atoms with Gasteiger partial charge in [0.1, 0.15) is 0 Å². The molecule has 0 rings (SSSR count). The summed E-state index contributed by atoms with van der Waals surface area (Å²) < 4.78 is 17.4. The number of carbonyl (C=O) groups is 1. The van der Waals surface area contributed by atoms with Gasteiger partial charge in [-0.1, -0.05) is 30.8 Å². The zero-order valence-corrected chi connectivity index (χ0v) is 15.7. The predicted molar refractivity (Wildman–Crippen MR) is 91.6 cm³/mol. The van der Waals surface area contributed by atoms with Crippen molar-refractivity contribution in [2.45, 2.75) is 53.0 Å². The van der Waals surface area contributed by atoms with E-state index in [9.17, 15) is 4.79 Å². The van der Waals surface area contributed by atoms with Crippen LogP contribution in [0.25, 0.3) is 0 Å². The molecule has 0 radical (unpaired) electrons. The maximum absolute atomic E-state index is 11.6. The van der Waals surface area contributed by atoms with Crippen LogP contribution in [0, 0.1) is 0 Å². The molecule has 0 amide bonds. The molecule has 0 spiro atoms. The van der Waals surface area contributed by atoms with E-state index in [0.29, 0.717) is 26.2 Å². The van der Waals surface area contributed by atoms with Gasteiger partial charge in [-0.3, -0.25) is 4.79 Å². The topological polar surface area (TPSA) is 44.8 Å². The quantitative estimate of drug-likeness (QED) is 0.289. The van der Waals surface area contributed by atoms with E-state index < -0.39 is 8.80 Å². The first-order valence-electron chi connectivity index (χ1n) is 7.86. The van der Waals surface area contributed by atoms with Crippen LogP contribution in [0.1, 0.15) is 47.0 Å². The Morgan fingerprint density at radius 3 is 2.05 bits per heavy atom. The van der Waals surface area contributed by atoms with Crippen molar-refractivity contribution in [1.29, 1.82) is 0 Å². The lowest BCUT2D eigenvalue weighted by Crippen LogP contribution is -2.46. The summed E-state index contributed by atoms with van der Waals surface area (Å²) >= 11 is 1.39. The molecule has 0 aliphatic heterocycles. The van der Waals surface area contributed by atoms with Crippen LogP contribution in [-0.4, -0.2) is 39.5 Å². The maximum atomic E-state index is 11.6. The summed E-state index contributed by atoms with van der Waals surface area (Å²) in [7, 11) is -2.54. The second-order valence-corrected chi connectivity index (χ2v) is 8.27. The highest BCUT2D eigenvalue weighted by atomic mass is 32.2. The van der Waals surface area contributed by atoms with Gasteiger partial charge in [0, 0.05) is 38.0 Å². The molecule has 124 valence electrons. The molecule has 0 bridgehead atoms. The van der Waals surface area contributed by atoms with Gasteiger partial charge >= 0.3 is 8.80 Å². The van der Waals surface area contributed by atoms with Gasteiger partial charge < -0.3 is 13.3 Å². The summed E-state index contributed by atoms with van der Waals surface area (Å²) in [4.78, 5) is 11.6. The average Bonchev–Trinajstić information content (AvgIpc) is 2.45. The Kier molecular flexibility index (Phi) is 13.4. The van der Waals surface area contributed by atoms with E-state index in [0.717, 1.165) is 24.6 Å². The van der Waals surface area contributed by atoms with Crippen molar-refractivity contribution in [2.75, 3.05) is 25.6 Å². The van der Waals surface area contributed by atoms with E-state index in [-0.39, 0.29) is 5.12 Å². The largest absolute Gasteiger partial charge is 0.500 e. The second kappa shape index (κ2) is 13.5. The lowest BCUT2D eigenvalue weighted by atomic mass is 10.3. The Balaban J connectivity index is 4.11. The van der Waals surface area contributed by atoms with Crippen molar-refractivity contribution in [3.63, 3.8) is 0 Å².